The van der Waals surface area contributed by atoms with Crippen LogP contribution in [-0.2, 0) is 0 Å². The van der Waals surface area contributed by atoms with Gasteiger partial charge in [-0.25, -0.2) is 0 Å². The summed E-state index contributed by atoms with van der Waals surface area (Å²) in [6, 6.07) is 0.537. The normalized spacial score (nSPS) is 16.6. The van der Waals surface area contributed by atoms with Crippen LogP contribution < -0.4 is 11.1 Å². The second-order valence-electron chi connectivity index (χ2n) is 5.71. The lowest BCUT2D eigenvalue weighted by Gasteiger charge is -2.23. The third-order valence-corrected chi connectivity index (χ3v) is 5.91. The van der Waals surface area contributed by atoms with Crippen LogP contribution in [0.15, 0.2) is 4.90 Å². The van der Waals surface area contributed by atoms with Crippen molar-refractivity contribution in [2.24, 2.45) is 5.92 Å². The molecule has 1 fully saturated rings. The van der Waals surface area contributed by atoms with Gasteiger partial charge in [0.1, 0.15) is 5.00 Å². The Morgan fingerprint density at radius 3 is 2.55 bits per heavy atom. The van der Waals surface area contributed by atoms with Gasteiger partial charge in [0.05, 0.1) is 15.5 Å². The Bertz CT molecular complexity index is 476. The number of hydrogen-bond donors (Lipinski definition) is 2. The number of thiophene rings is 1. The summed E-state index contributed by atoms with van der Waals surface area (Å²) in [6.45, 7) is 3.85. The van der Waals surface area contributed by atoms with E-state index in [2.05, 4.69) is 5.32 Å². The monoisotopic (exact) mass is 312 g/mol. The Morgan fingerprint density at radius 2 is 2.00 bits per heavy atom. The molecule has 0 spiro atoms. The lowest BCUT2D eigenvalue weighted by atomic mass is 9.96. The van der Waals surface area contributed by atoms with E-state index >= 15 is 0 Å². The smallest absolute Gasteiger partial charge is 0.177 e. The van der Waals surface area contributed by atoms with Gasteiger partial charge >= 0.3 is 0 Å². The van der Waals surface area contributed by atoms with Gasteiger partial charge in [0.25, 0.3) is 0 Å². The molecule has 5 heteroatoms. The van der Waals surface area contributed by atoms with E-state index in [1.807, 2.05) is 20.1 Å². The minimum Gasteiger partial charge on any atom is -0.396 e. The zero-order valence-corrected chi connectivity index (χ0v) is 14.1. The van der Waals surface area contributed by atoms with Crippen molar-refractivity contribution in [2.75, 3.05) is 17.3 Å². The van der Waals surface area contributed by atoms with Gasteiger partial charge in [0, 0.05) is 12.0 Å². The van der Waals surface area contributed by atoms with Crippen LogP contribution in [0.2, 0.25) is 0 Å². The molecule has 1 heterocycles. The van der Waals surface area contributed by atoms with E-state index in [-0.39, 0.29) is 11.7 Å². The summed E-state index contributed by atoms with van der Waals surface area (Å²) in [5.74, 6) is 0.146. The van der Waals surface area contributed by atoms with Gasteiger partial charge in [0.2, 0.25) is 0 Å². The molecule has 1 aliphatic rings. The molecule has 0 aliphatic heterocycles. The maximum Gasteiger partial charge on any atom is 0.177 e. The van der Waals surface area contributed by atoms with Crippen LogP contribution in [0.1, 0.15) is 55.6 Å². The van der Waals surface area contributed by atoms with E-state index in [9.17, 15) is 4.79 Å². The molecule has 0 aromatic carbocycles. The van der Waals surface area contributed by atoms with E-state index in [0.29, 0.717) is 11.7 Å². The van der Waals surface area contributed by atoms with E-state index in [0.717, 1.165) is 14.8 Å². The lowest BCUT2D eigenvalue weighted by molar-refractivity contribution is 0.0944. The number of ketones is 1. The fourth-order valence-corrected chi connectivity index (χ4v) is 4.79. The maximum atomic E-state index is 12.2. The van der Waals surface area contributed by atoms with Crippen LogP contribution in [0.3, 0.4) is 0 Å². The molecule has 1 aliphatic carbocycles. The van der Waals surface area contributed by atoms with Gasteiger partial charge in [0.15, 0.2) is 5.78 Å². The molecular weight excluding hydrogens is 288 g/mol. The molecule has 3 nitrogen and oxygen atoms in total. The summed E-state index contributed by atoms with van der Waals surface area (Å²) in [5.41, 5.74) is 6.85. The molecule has 0 saturated heterocycles. The highest BCUT2D eigenvalue weighted by molar-refractivity contribution is 7.99. The largest absolute Gasteiger partial charge is 0.396 e. The zero-order valence-electron chi connectivity index (χ0n) is 12.5. The Morgan fingerprint density at radius 1 is 1.35 bits per heavy atom. The van der Waals surface area contributed by atoms with Gasteiger partial charge in [-0.15, -0.1) is 23.1 Å². The van der Waals surface area contributed by atoms with Gasteiger partial charge in [-0.3, -0.25) is 4.79 Å². The molecule has 20 heavy (non-hydrogen) atoms. The maximum absolute atomic E-state index is 12.2. The van der Waals surface area contributed by atoms with Crippen LogP contribution in [0.25, 0.3) is 0 Å². The van der Waals surface area contributed by atoms with Crippen LogP contribution in [0.4, 0.5) is 10.7 Å². The Labute approximate surface area is 129 Å². The van der Waals surface area contributed by atoms with Crippen LogP contribution in [0.5, 0.6) is 0 Å². The predicted octanol–water partition coefficient (Wildman–Crippen LogP) is 4.64. The topological polar surface area (TPSA) is 55.1 Å². The van der Waals surface area contributed by atoms with Crippen LogP contribution in [-0.4, -0.2) is 18.1 Å². The first kappa shape index (κ1) is 15.7. The summed E-state index contributed by atoms with van der Waals surface area (Å²) in [7, 11) is 0. The number of carbonyl (C=O) groups is 1. The van der Waals surface area contributed by atoms with Crippen molar-refractivity contribution in [1.82, 2.24) is 0 Å². The van der Waals surface area contributed by atoms with Crippen molar-refractivity contribution in [2.45, 2.75) is 56.9 Å². The Hall–Kier alpha value is -0.680. The molecule has 0 amide bonds. The highest BCUT2D eigenvalue weighted by Crippen LogP contribution is 2.43. The summed E-state index contributed by atoms with van der Waals surface area (Å²) < 4.78 is 0. The molecule has 0 radical (unpaired) electrons. The molecule has 1 aromatic rings. The van der Waals surface area contributed by atoms with Crippen molar-refractivity contribution < 1.29 is 4.79 Å². The van der Waals surface area contributed by atoms with Crippen LogP contribution >= 0.6 is 23.1 Å². The number of nitrogen functional groups attached to an aromatic ring is 1. The second-order valence-corrected chi connectivity index (χ2v) is 7.54. The van der Waals surface area contributed by atoms with Gasteiger partial charge in [-0.05, 0) is 19.1 Å². The highest BCUT2D eigenvalue weighted by Gasteiger charge is 2.24. The van der Waals surface area contributed by atoms with E-state index < -0.39 is 0 Å². The van der Waals surface area contributed by atoms with Crippen molar-refractivity contribution in [3.05, 3.63) is 4.88 Å². The van der Waals surface area contributed by atoms with Crippen molar-refractivity contribution in [3.8, 4) is 0 Å². The number of Topliss-reactive ketones (excluding diaryl/α,β-unsaturated/α-hetero) is 1. The lowest BCUT2D eigenvalue weighted by Crippen LogP contribution is -2.21. The molecule has 3 N–H and O–H groups in total. The summed E-state index contributed by atoms with van der Waals surface area (Å²) in [4.78, 5) is 14.0. The highest BCUT2D eigenvalue weighted by atomic mass is 32.2. The van der Waals surface area contributed by atoms with Gasteiger partial charge in [-0.1, -0.05) is 33.1 Å². The average Bonchev–Trinajstić information content (AvgIpc) is 2.75. The minimum atomic E-state index is -0.00631. The number of rotatable bonds is 5. The van der Waals surface area contributed by atoms with Crippen molar-refractivity contribution >= 4 is 39.6 Å². The number of thioether (sulfide) groups is 1. The van der Waals surface area contributed by atoms with Crippen molar-refractivity contribution in [3.63, 3.8) is 0 Å². The fourth-order valence-electron chi connectivity index (χ4n) is 2.60. The molecule has 0 unspecified atom stereocenters. The second kappa shape index (κ2) is 6.85. The number of nitrogens with two attached hydrogens (primary N) is 1. The van der Waals surface area contributed by atoms with Gasteiger partial charge in [-0.2, -0.15) is 0 Å². The molecule has 2 rings (SSSR count). The fraction of sp³-hybridized carbons (Fsp3) is 0.667. The number of nitrogens with one attached hydrogen (secondary N) is 1. The summed E-state index contributed by atoms with van der Waals surface area (Å²) in [6.07, 6.45) is 8.40. The van der Waals surface area contributed by atoms with E-state index in [4.69, 9.17) is 5.73 Å². The van der Waals surface area contributed by atoms with Crippen LogP contribution in [0, 0.1) is 5.92 Å². The summed E-state index contributed by atoms with van der Waals surface area (Å²) in [5, 5.41) is 4.71. The van der Waals surface area contributed by atoms with E-state index in [1.165, 1.54) is 43.4 Å². The molecular formula is C15H24N2OS2. The molecule has 0 bridgehead atoms. The first-order chi connectivity index (χ1) is 9.54. The first-order valence-electron chi connectivity index (χ1n) is 7.31. The third-order valence-electron chi connectivity index (χ3n) is 3.79. The molecule has 0 atom stereocenters. The standard InChI is InChI=1S/C15H24N2OS2/c1-9(2)12(18)13-11(16)14(19-3)15(20-13)17-10-7-5-4-6-8-10/h9-10,17H,4-8,16H2,1-3H3. The first-order valence-corrected chi connectivity index (χ1v) is 9.35. The number of hydrogen-bond acceptors (Lipinski definition) is 5. The Balaban J connectivity index is 2.23. The summed E-state index contributed by atoms with van der Waals surface area (Å²) >= 11 is 3.17. The minimum absolute atomic E-state index is 0.00631. The molecule has 1 saturated carbocycles. The third kappa shape index (κ3) is 3.31. The average molecular weight is 313 g/mol. The Kier molecular flexibility index (Phi) is 5.38. The van der Waals surface area contributed by atoms with E-state index in [1.54, 1.807) is 11.8 Å². The van der Waals surface area contributed by atoms with Gasteiger partial charge < -0.3 is 11.1 Å². The van der Waals surface area contributed by atoms with Crippen molar-refractivity contribution in [1.29, 1.82) is 0 Å². The molecule has 112 valence electrons. The molecule has 1 aromatic heterocycles. The predicted molar refractivity (Wildman–Crippen MR) is 90.2 cm³/mol. The SMILES string of the molecule is CSc1c(NC2CCCCC2)sc(C(=O)C(C)C)c1N. The zero-order chi connectivity index (χ0) is 14.7. The number of anilines is 2. The number of carbonyl (C=O) groups excluding carboxylic acids is 1. The quantitative estimate of drug-likeness (QED) is 0.614.